The van der Waals surface area contributed by atoms with Gasteiger partial charge >= 0.3 is 0 Å². The Balaban J connectivity index is 1.76. The van der Waals surface area contributed by atoms with Crippen molar-refractivity contribution >= 4 is 29.1 Å². The molecule has 4 nitrogen and oxygen atoms in total. The van der Waals surface area contributed by atoms with E-state index in [-0.39, 0.29) is 5.91 Å². The Morgan fingerprint density at radius 2 is 2.35 bits per heavy atom. The fourth-order valence-electron chi connectivity index (χ4n) is 1.98. The van der Waals surface area contributed by atoms with Crippen LogP contribution in [0.15, 0.2) is 6.07 Å². The van der Waals surface area contributed by atoms with E-state index in [1.807, 2.05) is 0 Å². The molecule has 0 spiro atoms. The van der Waals surface area contributed by atoms with Gasteiger partial charge in [-0.2, -0.15) is 0 Å². The van der Waals surface area contributed by atoms with E-state index in [9.17, 15) is 4.79 Å². The van der Waals surface area contributed by atoms with Gasteiger partial charge in [0.2, 0.25) is 0 Å². The van der Waals surface area contributed by atoms with Crippen LogP contribution in [0.25, 0.3) is 0 Å². The van der Waals surface area contributed by atoms with Gasteiger partial charge < -0.3 is 15.6 Å². The van der Waals surface area contributed by atoms with E-state index in [1.54, 1.807) is 0 Å². The fourth-order valence-corrected chi connectivity index (χ4v) is 2.30. The quantitative estimate of drug-likeness (QED) is 0.789. The van der Waals surface area contributed by atoms with Gasteiger partial charge in [0.15, 0.2) is 0 Å². The summed E-state index contributed by atoms with van der Waals surface area (Å²) in [5.41, 5.74) is 0.402. The molecule has 94 valence electrons. The summed E-state index contributed by atoms with van der Waals surface area (Å²) in [6.07, 6.45) is 3.37. The van der Waals surface area contributed by atoms with Crippen molar-refractivity contribution in [2.75, 3.05) is 13.1 Å². The van der Waals surface area contributed by atoms with Crippen LogP contribution in [0, 0.1) is 0 Å². The molecule has 1 aromatic heterocycles. The molecule has 1 aromatic rings. The molecule has 1 saturated heterocycles. The van der Waals surface area contributed by atoms with E-state index < -0.39 is 0 Å². The molecular weight excluding hydrogens is 261 g/mol. The first-order valence-corrected chi connectivity index (χ1v) is 6.48. The van der Waals surface area contributed by atoms with Crippen molar-refractivity contribution in [3.63, 3.8) is 0 Å². The standard InChI is InChI=1S/C11H15Cl2N3O/c12-8-6-9(16-10(8)13)11(17)15-5-3-7-2-1-4-14-7/h6-7,14,16H,1-5H2,(H,15,17)/t7-/m0/s1. The SMILES string of the molecule is O=C(NCC[C@@H]1CCCN1)c1cc(Cl)c(Cl)[nH]1. The average Bonchev–Trinajstić information content (AvgIpc) is 2.90. The maximum atomic E-state index is 11.7. The van der Waals surface area contributed by atoms with Crippen molar-refractivity contribution in [2.24, 2.45) is 0 Å². The van der Waals surface area contributed by atoms with Crippen molar-refractivity contribution in [3.05, 3.63) is 21.9 Å². The molecule has 1 aliphatic rings. The molecule has 0 bridgehead atoms. The molecular formula is C11H15Cl2N3O. The minimum Gasteiger partial charge on any atom is -0.351 e. The Hall–Kier alpha value is -0.710. The van der Waals surface area contributed by atoms with Crippen LogP contribution in [0.3, 0.4) is 0 Å². The number of amides is 1. The summed E-state index contributed by atoms with van der Waals surface area (Å²) in [6.45, 7) is 1.74. The number of nitrogens with one attached hydrogen (secondary N) is 3. The van der Waals surface area contributed by atoms with Crippen LogP contribution in [0.5, 0.6) is 0 Å². The summed E-state index contributed by atoms with van der Waals surface area (Å²) in [6, 6.07) is 2.07. The predicted molar refractivity (Wildman–Crippen MR) is 68.8 cm³/mol. The van der Waals surface area contributed by atoms with E-state index in [4.69, 9.17) is 23.2 Å². The van der Waals surface area contributed by atoms with Crippen LogP contribution in [0.4, 0.5) is 0 Å². The van der Waals surface area contributed by atoms with Crippen LogP contribution in [0.1, 0.15) is 29.8 Å². The van der Waals surface area contributed by atoms with Gasteiger partial charge in [-0.25, -0.2) is 0 Å². The van der Waals surface area contributed by atoms with Gasteiger partial charge in [0.1, 0.15) is 10.8 Å². The third kappa shape index (κ3) is 3.37. The van der Waals surface area contributed by atoms with Crippen LogP contribution in [-0.2, 0) is 0 Å². The number of H-pyrrole nitrogens is 1. The molecule has 1 amide bonds. The van der Waals surface area contributed by atoms with Gasteiger partial charge in [-0.3, -0.25) is 4.79 Å². The number of hydrogen-bond acceptors (Lipinski definition) is 2. The van der Waals surface area contributed by atoms with Gasteiger partial charge in [0, 0.05) is 12.6 Å². The highest BCUT2D eigenvalue weighted by Crippen LogP contribution is 2.21. The fraction of sp³-hybridized carbons (Fsp3) is 0.545. The van der Waals surface area contributed by atoms with Crippen LogP contribution in [-0.4, -0.2) is 30.0 Å². The molecule has 0 radical (unpaired) electrons. The van der Waals surface area contributed by atoms with Gasteiger partial charge in [0.05, 0.1) is 5.02 Å². The summed E-state index contributed by atoms with van der Waals surface area (Å²) in [4.78, 5) is 14.4. The molecule has 0 unspecified atom stereocenters. The minimum atomic E-state index is -0.170. The summed E-state index contributed by atoms with van der Waals surface area (Å²) in [5, 5.41) is 6.89. The van der Waals surface area contributed by atoms with E-state index >= 15 is 0 Å². The minimum absolute atomic E-state index is 0.170. The number of aromatic nitrogens is 1. The Morgan fingerprint density at radius 1 is 1.53 bits per heavy atom. The van der Waals surface area contributed by atoms with E-state index in [0.29, 0.717) is 28.5 Å². The average molecular weight is 276 g/mol. The first-order valence-electron chi connectivity index (χ1n) is 5.72. The largest absolute Gasteiger partial charge is 0.351 e. The molecule has 1 aliphatic heterocycles. The lowest BCUT2D eigenvalue weighted by atomic mass is 10.1. The summed E-state index contributed by atoms with van der Waals surface area (Å²) < 4.78 is 0. The Bertz CT molecular complexity index is 380. The van der Waals surface area contributed by atoms with Crippen LogP contribution in [0.2, 0.25) is 10.2 Å². The van der Waals surface area contributed by atoms with Gasteiger partial charge in [-0.05, 0) is 31.9 Å². The van der Waals surface area contributed by atoms with Crippen molar-refractivity contribution in [3.8, 4) is 0 Å². The third-order valence-corrected chi connectivity index (χ3v) is 3.60. The second-order valence-electron chi connectivity index (χ2n) is 4.18. The van der Waals surface area contributed by atoms with Gasteiger partial charge in [-0.1, -0.05) is 23.2 Å². The summed E-state index contributed by atoms with van der Waals surface area (Å²) in [5.74, 6) is -0.170. The summed E-state index contributed by atoms with van der Waals surface area (Å²) >= 11 is 11.5. The highest BCUT2D eigenvalue weighted by atomic mass is 35.5. The lowest BCUT2D eigenvalue weighted by Gasteiger charge is -2.10. The second kappa shape index (κ2) is 5.76. The molecule has 0 aromatic carbocycles. The Kier molecular flexibility index (Phi) is 4.31. The molecule has 3 N–H and O–H groups in total. The monoisotopic (exact) mass is 275 g/mol. The summed E-state index contributed by atoms with van der Waals surface area (Å²) in [7, 11) is 0. The van der Waals surface area contributed by atoms with E-state index in [2.05, 4.69) is 15.6 Å². The maximum Gasteiger partial charge on any atom is 0.267 e. The van der Waals surface area contributed by atoms with E-state index in [0.717, 1.165) is 13.0 Å². The van der Waals surface area contributed by atoms with E-state index in [1.165, 1.54) is 18.9 Å². The molecule has 0 aliphatic carbocycles. The molecule has 2 heterocycles. The van der Waals surface area contributed by atoms with Crippen molar-refractivity contribution < 1.29 is 4.79 Å². The lowest BCUT2D eigenvalue weighted by molar-refractivity contribution is 0.0948. The first-order chi connectivity index (χ1) is 8.16. The number of rotatable bonds is 4. The maximum absolute atomic E-state index is 11.7. The van der Waals surface area contributed by atoms with Crippen LogP contribution < -0.4 is 10.6 Å². The Labute approximate surface area is 110 Å². The number of aromatic amines is 1. The smallest absolute Gasteiger partial charge is 0.267 e. The number of hydrogen-bond donors (Lipinski definition) is 3. The molecule has 6 heteroatoms. The number of halogens is 2. The zero-order valence-electron chi connectivity index (χ0n) is 9.35. The molecule has 17 heavy (non-hydrogen) atoms. The third-order valence-electron chi connectivity index (χ3n) is 2.91. The lowest BCUT2D eigenvalue weighted by Crippen LogP contribution is -2.30. The second-order valence-corrected chi connectivity index (χ2v) is 4.97. The predicted octanol–water partition coefficient (Wildman–Crippen LogP) is 2.19. The van der Waals surface area contributed by atoms with Gasteiger partial charge in [-0.15, -0.1) is 0 Å². The van der Waals surface area contributed by atoms with Crippen molar-refractivity contribution in [1.29, 1.82) is 0 Å². The van der Waals surface area contributed by atoms with Crippen molar-refractivity contribution in [2.45, 2.75) is 25.3 Å². The highest BCUT2D eigenvalue weighted by molar-refractivity contribution is 6.41. The molecule has 1 atom stereocenters. The molecule has 0 saturated carbocycles. The zero-order valence-corrected chi connectivity index (χ0v) is 10.9. The number of carbonyl (C=O) groups is 1. The zero-order chi connectivity index (χ0) is 12.3. The topological polar surface area (TPSA) is 56.9 Å². The molecule has 2 rings (SSSR count). The van der Waals surface area contributed by atoms with Gasteiger partial charge in [0.25, 0.3) is 5.91 Å². The first kappa shape index (κ1) is 12.7. The molecule has 1 fully saturated rings. The van der Waals surface area contributed by atoms with Crippen molar-refractivity contribution in [1.82, 2.24) is 15.6 Å². The normalized spacial score (nSPS) is 19.5. The highest BCUT2D eigenvalue weighted by Gasteiger charge is 2.15. The van der Waals surface area contributed by atoms with Crippen LogP contribution >= 0.6 is 23.2 Å². The number of carbonyl (C=O) groups excluding carboxylic acids is 1. The Morgan fingerprint density at radius 3 is 2.94 bits per heavy atom.